The molecule has 0 aliphatic carbocycles. The number of hydrogen-bond donors (Lipinski definition) is 0. The van der Waals surface area contributed by atoms with Crippen LogP contribution in [0.25, 0.3) is 10.8 Å². The Bertz CT molecular complexity index is 888. The fraction of sp³-hybridized carbons (Fsp3) is 0.222. The summed E-state index contributed by atoms with van der Waals surface area (Å²) in [5, 5.41) is 11.6. The summed E-state index contributed by atoms with van der Waals surface area (Å²) >= 11 is 1.50. The van der Waals surface area contributed by atoms with Crippen molar-refractivity contribution in [2.24, 2.45) is 0 Å². The first-order valence-electron chi connectivity index (χ1n) is 7.82. The molecule has 3 aromatic rings. The maximum Gasteiger partial charge on any atom is 0.188 e. The molecule has 0 atom stereocenters. The molecule has 0 fully saturated rings. The zero-order valence-corrected chi connectivity index (χ0v) is 14.5. The van der Waals surface area contributed by atoms with E-state index in [-0.39, 0.29) is 5.82 Å². The minimum absolute atomic E-state index is 0.330. The molecule has 0 saturated heterocycles. The average Bonchev–Trinajstić information content (AvgIpc) is 3.12. The summed E-state index contributed by atoms with van der Waals surface area (Å²) in [6, 6.07) is 8.29. The minimum atomic E-state index is -0.353. The normalized spacial score (nSPS) is 10.8. The van der Waals surface area contributed by atoms with Crippen molar-refractivity contribution in [2.75, 3.05) is 6.54 Å². The van der Waals surface area contributed by atoms with Gasteiger partial charge in [0.05, 0.1) is 17.3 Å². The second kappa shape index (κ2) is 7.92. The molecule has 0 spiro atoms. The highest BCUT2D eigenvalue weighted by Crippen LogP contribution is 2.21. The van der Waals surface area contributed by atoms with Crippen LogP contribution in [-0.2, 0) is 13.1 Å². The Balaban J connectivity index is 1.71. The molecular weight excluding hydrogens is 337 g/mol. The van der Waals surface area contributed by atoms with Gasteiger partial charge in [0.15, 0.2) is 10.8 Å². The van der Waals surface area contributed by atoms with Crippen LogP contribution < -0.4 is 0 Å². The fourth-order valence-electron chi connectivity index (χ4n) is 2.39. The second-order valence-electron chi connectivity index (χ2n) is 5.44. The molecule has 25 heavy (non-hydrogen) atoms. The van der Waals surface area contributed by atoms with Crippen molar-refractivity contribution in [3.8, 4) is 16.9 Å². The standard InChI is InChI=1S/C18H16FN5S/c1-2-24(10-14-5-4-13(9-20)8-16(14)19)11-15-12-25-18(23-15)17-21-6-3-7-22-17/h3-8,12H,2,10-11H2,1H3. The van der Waals surface area contributed by atoms with Gasteiger partial charge in [0.2, 0.25) is 0 Å². The van der Waals surface area contributed by atoms with E-state index in [4.69, 9.17) is 5.26 Å². The van der Waals surface area contributed by atoms with Crippen LogP contribution in [0.2, 0.25) is 0 Å². The highest BCUT2D eigenvalue weighted by molar-refractivity contribution is 7.13. The van der Waals surface area contributed by atoms with Gasteiger partial charge in [-0.25, -0.2) is 19.3 Å². The Hall–Kier alpha value is -2.69. The third-order valence-corrected chi connectivity index (χ3v) is 4.60. The highest BCUT2D eigenvalue weighted by Gasteiger charge is 2.13. The van der Waals surface area contributed by atoms with Crippen LogP contribution in [0.4, 0.5) is 4.39 Å². The molecule has 0 aliphatic heterocycles. The minimum Gasteiger partial charge on any atom is -0.293 e. The molecule has 0 aliphatic rings. The van der Waals surface area contributed by atoms with Crippen molar-refractivity contribution < 1.29 is 4.39 Å². The van der Waals surface area contributed by atoms with E-state index in [1.54, 1.807) is 30.6 Å². The first-order chi connectivity index (χ1) is 12.2. The van der Waals surface area contributed by atoms with Crippen molar-refractivity contribution in [3.63, 3.8) is 0 Å². The van der Waals surface area contributed by atoms with Gasteiger partial charge in [-0.2, -0.15) is 5.26 Å². The number of nitrogens with zero attached hydrogens (tertiary/aromatic N) is 5. The van der Waals surface area contributed by atoms with Gasteiger partial charge in [0.25, 0.3) is 0 Å². The number of aromatic nitrogens is 3. The van der Waals surface area contributed by atoms with E-state index in [2.05, 4.69) is 19.9 Å². The lowest BCUT2D eigenvalue weighted by molar-refractivity contribution is 0.265. The van der Waals surface area contributed by atoms with Crippen LogP contribution in [0, 0.1) is 17.1 Å². The SMILES string of the molecule is CCN(Cc1csc(-c2ncccn2)n1)Cc1ccc(C#N)cc1F. The summed E-state index contributed by atoms with van der Waals surface area (Å²) < 4.78 is 14.1. The molecule has 0 amide bonds. The molecule has 0 N–H and O–H groups in total. The van der Waals surface area contributed by atoms with Gasteiger partial charge in [0, 0.05) is 36.4 Å². The van der Waals surface area contributed by atoms with Crippen LogP contribution in [0.15, 0.2) is 42.0 Å². The van der Waals surface area contributed by atoms with Crippen LogP contribution in [-0.4, -0.2) is 26.4 Å². The largest absolute Gasteiger partial charge is 0.293 e. The zero-order chi connectivity index (χ0) is 17.6. The number of hydrogen-bond acceptors (Lipinski definition) is 6. The first-order valence-corrected chi connectivity index (χ1v) is 8.70. The topological polar surface area (TPSA) is 65.7 Å². The van der Waals surface area contributed by atoms with E-state index < -0.39 is 0 Å². The fourth-order valence-corrected chi connectivity index (χ4v) is 3.14. The molecule has 3 rings (SSSR count). The molecule has 0 saturated carbocycles. The van der Waals surface area contributed by atoms with E-state index in [1.165, 1.54) is 17.4 Å². The van der Waals surface area contributed by atoms with Gasteiger partial charge in [0.1, 0.15) is 5.82 Å². The third-order valence-electron chi connectivity index (χ3n) is 3.72. The molecule has 126 valence electrons. The van der Waals surface area contributed by atoms with Crippen molar-refractivity contribution >= 4 is 11.3 Å². The van der Waals surface area contributed by atoms with E-state index in [9.17, 15) is 4.39 Å². The van der Waals surface area contributed by atoms with Crippen LogP contribution in [0.3, 0.4) is 0 Å². The number of benzene rings is 1. The van der Waals surface area contributed by atoms with Gasteiger partial charge in [-0.3, -0.25) is 4.90 Å². The van der Waals surface area contributed by atoms with E-state index in [0.717, 1.165) is 17.2 Å². The van der Waals surface area contributed by atoms with E-state index >= 15 is 0 Å². The first kappa shape index (κ1) is 17.1. The molecule has 0 bridgehead atoms. The third kappa shape index (κ3) is 4.24. The molecule has 7 heteroatoms. The summed E-state index contributed by atoms with van der Waals surface area (Å²) in [4.78, 5) is 15.1. The molecule has 0 unspecified atom stereocenters. The van der Waals surface area contributed by atoms with Gasteiger partial charge in [-0.1, -0.05) is 13.0 Å². The van der Waals surface area contributed by atoms with Crippen LogP contribution in [0.5, 0.6) is 0 Å². The predicted molar refractivity (Wildman–Crippen MR) is 94.0 cm³/mol. The Morgan fingerprint density at radius 1 is 1.24 bits per heavy atom. The van der Waals surface area contributed by atoms with Gasteiger partial charge in [-0.05, 0) is 24.7 Å². The molecular formula is C18H16FN5S. The summed E-state index contributed by atoms with van der Waals surface area (Å²) in [7, 11) is 0. The smallest absolute Gasteiger partial charge is 0.188 e. The number of nitriles is 1. The van der Waals surface area contributed by atoms with Crippen molar-refractivity contribution in [1.82, 2.24) is 19.9 Å². The van der Waals surface area contributed by atoms with Gasteiger partial charge >= 0.3 is 0 Å². The zero-order valence-electron chi connectivity index (χ0n) is 13.7. The van der Waals surface area contributed by atoms with E-state index in [0.29, 0.717) is 30.0 Å². The lowest BCUT2D eigenvalue weighted by Gasteiger charge is -2.19. The van der Waals surface area contributed by atoms with Crippen molar-refractivity contribution in [3.05, 3.63) is 64.7 Å². The summed E-state index contributed by atoms with van der Waals surface area (Å²) in [5.41, 5.74) is 1.81. The van der Waals surface area contributed by atoms with Crippen LogP contribution >= 0.6 is 11.3 Å². The summed E-state index contributed by atoms with van der Waals surface area (Å²) in [6.45, 7) is 3.85. The second-order valence-corrected chi connectivity index (χ2v) is 6.30. The van der Waals surface area contributed by atoms with Crippen LogP contribution in [0.1, 0.15) is 23.7 Å². The summed E-state index contributed by atoms with van der Waals surface area (Å²) in [5.74, 6) is 0.258. The molecule has 1 aromatic carbocycles. The van der Waals surface area contributed by atoms with Crippen molar-refractivity contribution in [2.45, 2.75) is 20.0 Å². The van der Waals surface area contributed by atoms with Gasteiger partial charge in [-0.15, -0.1) is 11.3 Å². The average molecular weight is 353 g/mol. The monoisotopic (exact) mass is 353 g/mol. The number of thiazole rings is 1. The van der Waals surface area contributed by atoms with Gasteiger partial charge < -0.3 is 0 Å². The quantitative estimate of drug-likeness (QED) is 0.677. The Labute approximate surface area is 149 Å². The Morgan fingerprint density at radius 2 is 2.04 bits per heavy atom. The highest BCUT2D eigenvalue weighted by atomic mass is 32.1. The predicted octanol–water partition coefficient (Wildman–Crippen LogP) is 3.63. The molecule has 0 radical (unpaired) electrons. The van der Waals surface area contributed by atoms with Crippen molar-refractivity contribution in [1.29, 1.82) is 5.26 Å². The molecule has 2 aromatic heterocycles. The maximum atomic E-state index is 14.1. The number of rotatable bonds is 6. The number of halogens is 1. The van der Waals surface area contributed by atoms with E-state index in [1.807, 2.05) is 18.4 Å². The molecule has 5 nitrogen and oxygen atoms in total. The lowest BCUT2D eigenvalue weighted by Crippen LogP contribution is -2.23. The molecule has 2 heterocycles. The Kier molecular flexibility index (Phi) is 5.43. The Morgan fingerprint density at radius 3 is 2.72 bits per heavy atom. The summed E-state index contributed by atoms with van der Waals surface area (Å²) in [6.07, 6.45) is 3.38. The maximum absolute atomic E-state index is 14.1. The lowest BCUT2D eigenvalue weighted by atomic mass is 10.1.